The van der Waals surface area contributed by atoms with Gasteiger partial charge >= 0.3 is 29.4 Å². The second-order valence-electron chi connectivity index (χ2n) is 19.5. The lowest BCUT2D eigenvalue weighted by molar-refractivity contribution is -0.689. The maximum Gasteiger partial charge on any atom is 0.481 e. The quantitative estimate of drug-likeness (QED) is 0.00779. The van der Waals surface area contributed by atoms with Crippen molar-refractivity contribution in [3.05, 3.63) is 65.6 Å². The number of phosphoric acid groups is 3. The van der Waals surface area contributed by atoms with Crippen molar-refractivity contribution in [3.8, 4) is 0 Å². The summed E-state index contributed by atoms with van der Waals surface area (Å²) in [6.07, 6.45) is -3.87. The number of nitrogen functional groups attached to an aromatic ring is 2. The maximum atomic E-state index is 13.7. The number of carbonyl (C=O) groups excluding carboxylic acids is 5. The van der Waals surface area contributed by atoms with Gasteiger partial charge < -0.3 is 71.9 Å². The van der Waals surface area contributed by atoms with E-state index >= 15 is 0 Å². The summed E-state index contributed by atoms with van der Waals surface area (Å²) < 4.78 is 64.4. The van der Waals surface area contributed by atoms with Gasteiger partial charge in [0.2, 0.25) is 16.9 Å². The lowest BCUT2D eigenvalue weighted by Crippen LogP contribution is -2.71. The van der Waals surface area contributed by atoms with E-state index in [0.29, 0.717) is 5.57 Å². The number of phosphoric ester groups is 3. The van der Waals surface area contributed by atoms with E-state index in [1.165, 1.54) is 44.8 Å². The number of carboxylic acids is 1. The number of hydrogen-bond acceptors (Lipinski definition) is 27. The van der Waals surface area contributed by atoms with Gasteiger partial charge in [-0.3, -0.25) is 47.0 Å². The number of fused-ring (bicyclic) bond motifs is 2. The number of carboxylic acid groups (broad SMARTS) is 1. The number of nitrogens with one attached hydrogen (secondary N) is 3. The van der Waals surface area contributed by atoms with Gasteiger partial charge in [0, 0.05) is 59.5 Å². The number of imidazole rings is 1. The number of thioether (sulfide) groups is 2. The van der Waals surface area contributed by atoms with Crippen LogP contribution in [0.15, 0.2) is 65.1 Å². The molecule has 4 aromatic rings. The lowest BCUT2D eigenvalue weighted by atomic mass is 9.87. The normalized spacial score (nSPS) is 22.1. The summed E-state index contributed by atoms with van der Waals surface area (Å²) in [5, 5.41) is 43.4. The molecule has 3 aliphatic heterocycles. The SMILES string of the molecule is CC(C)(O/N=C(\C(=O)N[C@@H]1C(=O)N2C(C(=O)O)=C(C[n+]3ccccc3)CS[C@H]12)c1csc(N)n1)C(=O)SCCNC(=O)CCNC(=O)C(O)C(C)(C)COP(=O)(O)OP(=O)(O)OCC1OC(n2cnc3c(N)ncnc32)C(O)C1OP(=O)(O)O. The molecular weight excluding hydrogens is 1240 g/mol. The summed E-state index contributed by atoms with van der Waals surface area (Å²) in [5.74, 6) is -4.36. The van der Waals surface area contributed by atoms with E-state index in [9.17, 15) is 77.4 Å². The molecule has 0 saturated carbocycles. The monoisotopic (exact) mass is 1300 g/mol. The molecule has 84 heavy (non-hydrogen) atoms. The van der Waals surface area contributed by atoms with E-state index in [0.717, 1.165) is 45.2 Å². The number of hydrogen-bond donors (Lipinski definition) is 12. The van der Waals surface area contributed by atoms with Crippen molar-refractivity contribution < 1.29 is 109 Å². The first-order valence-corrected chi connectivity index (χ1v) is 31.9. The van der Waals surface area contributed by atoms with Crippen LogP contribution in [-0.4, -0.2) is 184 Å². The molecule has 0 aromatic carbocycles. The first-order valence-electron chi connectivity index (χ1n) is 24.5. The Morgan fingerprint density at radius 3 is 2.37 bits per heavy atom. The zero-order valence-corrected chi connectivity index (χ0v) is 49.5. The number of carbonyl (C=O) groups is 6. The first-order chi connectivity index (χ1) is 39.3. The van der Waals surface area contributed by atoms with E-state index < -0.39 is 130 Å². The molecule has 4 aromatic heterocycles. The highest BCUT2D eigenvalue weighted by molar-refractivity contribution is 8.13. The minimum atomic E-state index is -5.65. The molecule has 2 fully saturated rings. The smallest absolute Gasteiger partial charge is 0.477 e. The molecule has 0 bridgehead atoms. The summed E-state index contributed by atoms with van der Waals surface area (Å²) in [6, 6.07) is 4.22. The van der Waals surface area contributed by atoms with Crippen LogP contribution >= 0.6 is 58.3 Å². The Kier molecular flexibility index (Phi) is 20.9. The van der Waals surface area contributed by atoms with Crippen LogP contribution in [0.25, 0.3) is 11.2 Å². The maximum absolute atomic E-state index is 13.7. The van der Waals surface area contributed by atoms with Crippen LogP contribution < -0.4 is 32.0 Å². The Hall–Kier alpha value is -5.89. The van der Waals surface area contributed by atoms with Crippen molar-refractivity contribution in [2.75, 3.05) is 49.3 Å². The van der Waals surface area contributed by atoms with Crippen molar-refractivity contribution in [1.29, 1.82) is 0 Å². The predicted molar refractivity (Wildman–Crippen MR) is 292 cm³/mol. The number of rotatable bonds is 28. The van der Waals surface area contributed by atoms with Gasteiger partial charge in [-0.15, -0.1) is 23.1 Å². The highest BCUT2D eigenvalue weighted by Gasteiger charge is 2.55. The molecule has 7 heterocycles. The molecule has 0 aliphatic carbocycles. The zero-order chi connectivity index (χ0) is 61.7. The molecule has 3 aliphatic rings. The average Bonchev–Trinajstić information content (AvgIpc) is 1.00. The number of nitrogens with zero attached hydrogens (tertiary/aromatic N) is 8. The molecule has 7 rings (SSSR count). The molecule has 0 radical (unpaired) electrons. The zero-order valence-electron chi connectivity index (χ0n) is 44.4. The van der Waals surface area contributed by atoms with E-state index in [1.54, 1.807) is 35.2 Å². The van der Waals surface area contributed by atoms with E-state index in [-0.39, 0.29) is 71.1 Å². The summed E-state index contributed by atoms with van der Waals surface area (Å²) in [5.41, 5.74) is 8.12. The number of ether oxygens (including phenoxy) is 1. The second kappa shape index (κ2) is 26.8. The van der Waals surface area contributed by atoms with Crippen LogP contribution in [0.4, 0.5) is 10.9 Å². The van der Waals surface area contributed by atoms with Gasteiger partial charge in [-0.05, 0) is 13.8 Å². The van der Waals surface area contributed by atoms with Crippen LogP contribution in [-0.2, 0) is 76.5 Å². The summed E-state index contributed by atoms with van der Waals surface area (Å²) in [6.45, 7) is 2.82. The number of nitrogens with two attached hydrogens (primary N) is 2. The lowest BCUT2D eigenvalue weighted by Gasteiger charge is -2.49. The minimum Gasteiger partial charge on any atom is -0.477 e. The Bertz CT molecular complexity index is 3370. The van der Waals surface area contributed by atoms with Crippen LogP contribution in [0.1, 0.15) is 46.0 Å². The molecule has 458 valence electrons. The highest BCUT2D eigenvalue weighted by Crippen LogP contribution is 2.61. The Morgan fingerprint density at radius 1 is 1.00 bits per heavy atom. The number of aromatic nitrogens is 6. The van der Waals surface area contributed by atoms with Gasteiger partial charge in [-0.25, -0.2) is 43.0 Å². The fraction of sp³-hybridized carbons (Fsp3) is 0.488. The number of amides is 4. The van der Waals surface area contributed by atoms with Gasteiger partial charge in [-0.1, -0.05) is 36.8 Å². The number of aliphatic carboxylic acids is 1. The topological polar surface area (TPSA) is 515 Å². The largest absolute Gasteiger partial charge is 0.481 e. The van der Waals surface area contributed by atoms with E-state index in [1.807, 2.05) is 0 Å². The summed E-state index contributed by atoms with van der Waals surface area (Å²) >= 11 is 2.98. The predicted octanol–water partition coefficient (Wildman–Crippen LogP) is -1.37. The van der Waals surface area contributed by atoms with Crippen molar-refractivity contribution >= 4 is 121 Å². The Labute approximate surface area is 487 Å². The number of pyridine rings is 1. The third-order valence-corrected chi connectivity index (χ3v) is 18.5. The summed E-state index contributed by atoms with van der Waals surface area (Å²) in [7, 11) is -16.6. The summed E-state index contributed by atoms with van der Waals surface area (Å²) in [4.78, 5) is 140. The van der Waals surface area contributed by atoms with E-state index in [4.69, 9.17) is 30.1 Å². The number of β-lactam (4-membered cyclic amide) rings is 1. The molecule has 41 heteroatoms. The second-order valence-corrected chi connectivity index (χ2v) is 26.8. The molecule has 14 N–H and O–H groups in total. The number of oxime groups is 1. The first kappa shape index (κ1) is 65.6. The van der Waals surface area contributed by atoms with Gasteiger partial charge in [0.1, 0.15) is 59.1 Å². The van der Waals surface area contributed by atoms with Crippen molar-refractivity contribution in [1.82, 2.24) is 45.4 Å². The van der Waals surface area contributed by atoms with E-state index in [2.05, 4.69) is 49.9 Å². The van der Waals surface area contributed by atoms with Crippen LogP contribution in [0.5, 0.6) is 0 Å². The molecule has 0 spiro atoms. The number of anilines is 2. The van der Waals surface area contributed by atoms with Crippen LogP contribution in [0.3, 0.4) is 0 Å². The molecular formula is C43H57N13O22P3S3+. The van der Waals surface area contributed by atoms with Gasteiger partial charge in [0.05, 0.1) is 19.5 Å². The third kappa shape index (κ3) is 16.3. The van der Waals surface area contributed by atoms with Crippen LogP contribution in [0, 0.1) is 5.41 Å². The molecule has 35 nitrogen and oxygen atoms in total. The Balaban J connectivity index is 0.823. The highest BCUT2D eigenvalue weighted by atomic mass is 32.2. The molecule has 7 unspecified atom stereocenters. The van der Waals surface area contributed by atoms with Gasteiger partial charge in [0.25, 0.3) is 11.8 Å². The number of thiazole rings is 1. The standard InChI is InChI=1S/C43H56N13O22P3S3/c1-42(2,18-74-81(71,72)78-80(69,70)73-15-23-30(76-79(66,67)68)29(58)37(75-23)55-20-50-26-32(44)48-19-49-33(26)55)31(59)35(61)47-9-8-24(57)46-10-13-82-40(65)43(3,4)77-53-25(22-17-84-41(45)51-22)34(60)52-27-36(62)56-28(39(63)64)21(16-83-38(27)56)14-54-11-6-5-7-12-54/h5-7,11-12,17,19-20,23,27,29-31,37-38,58-59H,8-10,13-16,18H2,1-4H3,(H11-,44,45,46,47,48,49,51,52,57,60,61,63,64,66,67,68,69,70,71,72)/p+1/b53-25-/t23?,27-,29?,30?,31?,37?,38-/m1/s1. The third-order valence-electron chi connectivity index (χ3n) is 12.3. The van der Waals surface area contributed by atoms with Crippen LogP contribution in [0.2, 0.25) is 0 Å². The van der Waals surface area contributed by atoms with Gasteiger partial charge in [-0.2, -0.15) is 4.31 Å². The molecule has 4 amide bonds. The number of aliphatic hydroxyl groups excluding tert-OH is 2. The van der Waals surface area contributed by atoms with Gasteiger partial charge in [0.15, 0.2) is 53.1 Å². The number of aliphatic hydroxyl groups is 2. The fourth-order valence-electron chi connectivity index (χ4n) is 8.02. The molecule has 2 saturated heterocycles. The minimum absolute atomic E-state index is 0.00228. The average molecular weight is 1300 g/mol. The fourth-order valence-corrected chi connectivity index (χ4v) is 13.5. The van der Waals surface area contributed by atoms with Crippen molar-refractivity contribution in [3.63, 3.8) is 0 Å². The molecule has 9 atom stereocenters. The van der Waals surface area contributed by atoms with Crippen molar-refractivity contribution in [2.24, 2.45) is 10.6 Å². The Morgan fingerprint density at radius 2 is 1.70 bits per heavy atom. The van der Waals surface area contributed by atoms with Crippen molar-refractivity contribution in [2.45, 2.75) is 88.3 Å².